The maximum Gasteiger partial charge on any atom is 0.262 e. The fourth-order valence-electron chi connectivity index (χ4n) is 2.99. The van der Waals surface area contributed by atoms with Gasteiger partial charge in [0.25, 0.3) is 5.56 Å². The number of aromatic nitrogens is 2. The van der Waals surface area contributed by atoms with Gasteiger partial charge in [-0.05, 0) is 35.4 Å². The maximum absolute atomic E-state index is 13.1. The van der Waals surface area contributed by atoms with E-state index in [1.807, 2.05) is 66.7 Å². The Bertz CT molecular complexity index is 1210. The van der Waals surface area contributed by atoms with E-state index in [0.29, 0.717) is 33.9 Å². The Morgan fingerprint density at radius 1 is 0.893 bits per heavy atom. The molecule has 4 nitrogen and oxygen atoms in total. The summed E-state index contributed by atoms with van der Waals surface area (Å²) in [4.78, 5) is 17.9. The Hall–Kier alpha value is -3.36. The minimum atomic E-state index is -0.0308. The third kappa shape index (κ3) is 3.83. The van der Waals surface area contributed by atoms with Crippen LogP contribution >= 0.6 is 11.8 Å². The topological polar surface area (TPSA) is 58.7 Å². The summed E-state index contributed by atoms with van der Waals surface area (Å²) >= 11 is 1.53. The number of rotatable bonds is 5. The van der Waals surface area contributed by atoms with E-state index < -0.39 is 0 Å². The molecule has 0 N–H and O–H groups in total. The van der Waals surface area contributed by atoms with Crippen LogP contribution in [0.3, 0.4) is 0 Å². The third-order valence-corrected chi connectivity index (χ3v) is 5.51. The zero-order valence-corrected chi connectivity index (χ0v) is 15.9. The van der Waals surface area contributed by atoms with Gasteiger partial charge in [0.1, 0.15) is 0 Å². The molecule has 0 fully saturated rings. The van der Waals surface area contributed by atoms with Gasteiger partial charge in [0, 0.05) is 5.75 Å². The minimum Gasteiger partial charge on any atom is -0.283 e. The van der Waals surface area contributed by atoms with E-state index in [9.17, 15) is 4.79 Å². The first-order chi connectivity index (χ1) is 13.7. The third-order valence-electron chi connectivity index (χ3n) is 4.46. The number of hydrogen-bond acceptors (Lipinski definition) is 4. The van der Waals surface area contributed by atoms with E-state index in [-0.39, 0.29) is 5.56 Å². The molecule has 28 heavy (non-hydrogen) atoms. The Morgan fingerprint density at radius 3 is 2.36 bits per heavy atom. The van der Waals surface area contributed by atoms with Crippen LogP contribution in [-0.4, -0.2) is 9.55 Å². The van der Waals surface area contributed by atoms with E-state index in [0.717, 1.165) is 11.1 Å². The lowest BCUT2D eigenvalue weighted by Crippen LogP contribution is -2.24. The van der Waals surface area contributed by atoms with Crippen LogP contribution in [0.15, 0.2) is 88.8 Å². The Labute approximate surface area is 167 Å². The second-order valence-corrected chi connectivity index (χ2v) is 7.33. The number of benzene rings is 3. The molecule has 0 bridgehead atoms. The molecule has 0 saturated carbocycles. The summed E-state index contributed by atoms with van der Waals surface area (Å²) < 4.78 is 1.74. The summed E-state index contributed by atoms with van der Waals surface area (Å²) in [7, 11) is 0. The largest absolute Gasteiger partial charge is 0.283 e. The second-order valence-electron chi connectivity index (χ2n) is 6.39. The normalized spacial score (nSPS) is 10.7. The molecule has 0 radical (unpaired) electrons. The zero-order valence-electron chi connectivity index (χ0n) is 15.1. The molecule has 0 aliphatic carbocycles. The van der Waals surface area contributed by atoms with Gasteiger partial charge >= 0.3 is 0 Å². The van der Waals surface area contributed by atoms with Gasteiger partial charge in [-0.15, -0.1) is 0 Å². The molecule has 1 heterocycles. The molecule has 4 aromatic rings. The highest BCUT2D eigenvalue weighted by molar-refractivity contribution is 7.98. The van der Waals surface area contributed by atoms with E-state index in [1.54, 1.807) is 16.7 Å². The van der Waals surface area contributed by atoms with Crippen molar-refractivity contribution in [2.45, 2.75) is 17.5 Å². The molecule has 0 amide bonds. The van der Waals surface area contributed by atoms with Crippen LogP contribution in [-0.2, 0) is 12.3 Å². The van der Waals surface area contributed by atoms with Crippen LogP contribution in [0.5, 0.6) is 0 Å². The minimum absolute atomic E-state index is 0.0308. The molecular weight excluding hydrogens is 366 g/mol. The predicted molar refractivity (Wildman–Crippen MR) is 112 cm³/mol. The van der Waals surface area contributed by atoms with Crippen molar-refractivity contribution in [1.29, 1.82) is 5.26 Å². The molecular formula is C23H17N3OS. The van der Waals surface area contributed by atoms with Crippen molar-refractivity contribution in [2.24, 2.45) is 0 Å². The molecule has 0 unspecified atom stereocenters. The van der Waals surface area contributed by atoms with Crippen molar-refractivity contribution in [1.82, 2.24) is 9.55 Å². The van der Waals surface area contributed by atoms with Crippen molar-refractivity contribution in [3.8, 4) is 6.07 Å². The van der Waals surface area contributed by atoms with Crippen molar-refractivity contribution in [2.75, 3.05) is 0 Å². The first-order valence-electron chi connectivity index (χ1n) is 8.90. The quantitative estimate of drug-likeness (QED) is 0.373. The van der Waals surface area contributed by atoms with Gasteiger partial charge < -0.3 is 0 Å². The average Bonchev–Trinajstić information content (AvgIpc) is 2.75. The molecule has 0 atom stereocenters. The predicted octanol–water partition coefficient (Wildman–Crippen LogP) is 4.61. The van der Waals surface area contributed by atoms with Gasteiger partial charge in [-0.1, -0.05) is 66.4 Å². The van der Waals surface area contributed by atoms with Crippen LogP contribution in [0, 0.1) is 11.3 Å². The van der Waals surface area contributed by atoms with Gasteiger partial charge in [0.2, 0.25) is 0 Å². The van der Waals surface area contributed by atoms with Gasteiger partial charge in [-0.2, -0.15) is 5.26 Å². The fourth-order valence-corrected chi connectivity index (χ4v) is 3.94. The van der Waals surface area contributed by atoms with E-state index in [4.69, 9.17) is 10.2 Å². The van der Waals surface area contributed by atoms with Crippen molar-refractivity contribution in [3.63, 3.8) is 0 Å². The molecule has 136 valence electrons. The van der Waals surface area contributed by atoms with Crippen LogP contribution in [0.4, 0.5) is 0 Å². The molecule has 4 rings (SSSR count). The van der Waals surface area contributed by atoms with E-state index in [2.05, 4.69) is 6.07 Å². The molecule has 3 aromatic carbocycles. The highest BCUT2D eigenvalue weighted by Gasteiger charge is 2.12. The smallest absolute Gasteiger partial charge is 0.262 e. The fraction of sp³-hybridized carbons (Fsp3) is 0.0870. The van der Waals surface area contributed by atoms with Crippen LogP contribution in [0.2, 0.25) is 0 Å². The Kier molecular flexibility index (Phi) is 5.22. The summed E-state index contributed by atoms with van der Waals surface area (Å²) in [6.45, 7) is 0.479. The SMILES string of the molecule is N#Cc1ccc(CSc2nc3ccccc3c(=O)n2Cc2ccccc2)cc1. The lowest BCUT2D eigenvalue weighted by atomic mass is 10.2. The first-order valence-corrected chi connectivity index (χ1v) is 9.88. The molecule has 0 aliphatic rings. The number of nitrogens with zero attached hydrogens (tertiary/aromatic N) is 3. The summed E-state index contributed by atoms with van der Waals surface area (Å²) in [5, 5.41) is 10.3. The lowest BCUT2D eigenvalue weighted by molar-refractivity contribution is 0.658. The van der Waals surface area contributed by atoms with Crippen molar-refractivity contribution >= 4 is 22.7 Å². The molecule has 1 aromatic heterocycles. The second kappa shape index (κ2) is 8.12. The van der Waals surface area contributed by atoms with Gasteiger partial charge in [0.15, 0.2) is 5.16 Å². The molecule has 5 heteroatoms. The number of thioether (sulfide) groups is 1. The number of para-hydroxylation sites is 1. The lowest BCUT2D eigenvalue weighted by Gasteiger charge is -2.13. The van der Waals surface area contributed by atoms with Crippen molar-refractivity contribution < 1.29 is 0 Å². The highest BCUT2D eigenvalue weighted by atomic mass is 32.2. The molecule has 0 spiro atoms. The number of fused-ring (bicyclic) bond motifs is 1. The van der Waals surface area contributed by atoms with Crippen LogP contribution < -0.4 is 5.56 Å². The van der Waals surface area contributed by atoms with E-state index in [1.165, 1.54) is 11.8 Å². The van der Waals surface area contributed by atoms with Crippen molar-refractivity contribution in [3.05, 3.63) is 106 Å². The molecule has 0 aliphatic heterocycles. The van der Waals surface area contributed by atoms with Gasteiger partial charge in [-0.3, -0.25) is 9.36 Å². The Balaban J connectivity index is 1.71. The zero-order chi connectivity index (χ0) is 19.3. The maximum atomic E-state index is 13.1. The monoisotopic (exact) mass is 383 g/mol. The van der Waals surface area contributed by atoms with E-state index >= 15 is 0 Å². The van der Waals surface area contributed by atoms with Gasteiger partial charge in [-0.25, -0.2) is 4.98 Å². The summed E-state index contributed by atoms with van der Waals surface area (Å²) in [5.41, 5.74) is 3.45. The number of nitriles is 1. The molecule has 0 saturated heterocycles. The van der Waals surface area contributed by atoms with Gasteiger partial charge in [0.05, 0.1) is 29.1 Å². The summed E-state index contributed by atoms with van der Waals surface area (Å²) in [6, 6.07) is 27.0. The van der Waals surface area contributed by atoms with Crippen LogP contribution in [0.25, 0.3) is 10.9 Å². The first kappa shape index (κ1) is 18.0. The number of hydrogen-bond donors (Lipinski definition) is 0. The standard InChI is InChI=1S/C23H17N3OS/c24-14-17-10-12-19(13-11-17)16-28-23-25-21-9-5-4-8-20(21)22(27)26(23)15-18-6-2-1-3-7-18/h1-13H,15-16H2. The highest BCUT2D eigenvalue weighted by Crippen LogP contribution is 2.23. The average molecular weight is 383 g/mol. The summed E-state index contributed by atoms with van der Waals surface area (Å²) in [5.74, 6) is 0.672. The van der Waals surface area contributed by atoms with Crippen LogP contribution in [0.1, 0.15) is 16.7 Å². The Morgan fingerprint density at radius 2 is 1.61 bits per heavy atom. The summed E-state index contributed by atoms with van der Waals surface area (Å²) in [6.07, 6.45) is 0.